The Hall–Kier alpha value is -2.69. The number of anilines is 1. The smallest absolute Gasteiger partial charge is 0.243 e. The summed E-state index contributed by atoms with van der Waals surface area (Å²) in [4.78, 5) is 17.3. The molecule has 0 bridgehead atoms. The Morgan fingerprint density at radius 3 is 2.69 bits per heavy atom. The summed E-state index contributed by atoms with van der Waals surface area (Å²) in [6.07, 6.45) is 2.79. The minimum atomic E-state index is -3.62. The van der Waals surface area contributed by atoms with E-state index in [-0.39, 0.29) is 17.2 Å². The second kappa shape index (κ2) is 9.43. The third-order valence-electron chi connectivity index (χ3n) is 5.24. The molecule has 0 aliphatic carbocycles. The molecule has 0 radical (unpaired) electrons. The number of furan rings is 1. The summed E-state index contributed by atoms with van der Waals surface area (Å²) in [5.74, 6) is 1.53. The quantitative estimate of drug-likeness (QED) is 0.553. The van der Waals surface area contributed by atoms with Crippen LogP contribution in [0.5, 0.6) is 5.75 Å². The highest BCUT2D eigenvalue weighted by atomic mass is 32.2. The van der Waals surface area contributed by atoms with E-state index in [1.54, 1.807) is 11.4 Å². The summed E-state index contributed by atoms with van der Waals surface area (Å²) in [5.41, 5.74) is 0.917. The summed E-state index contributed by atoms with van der Waals surface area (Å²) in [7, 11) is -2.15. The second-order valence-corrected chi connectivity index (χ2v) is 10.4. The first-order valence-electron chi connectivity index (χ1n) is 10.4. The zero-order valence-corrected chi connectivity index (χ0v) is 19.6. The highest BCUT2D eigenvalue weighted by Crippen LogP contribution is 2.30. The van der Waals surface area contributed by atoms with Crippen molar-refractivity contribution >= 4 is 33.0 Å². The standard InChI is InChI=1S/C22H25N3O5S2/c1-15-6-8-20(30-15)22-23-16(14-31-22)12-21(26)24-18-13-17(7-9-19(18)29-2)32(27,28)25-10-4-3-5-11-25/h6-9,13-14H,3-5,10-12H2,1-2H3,(H,24,26). The minimum absolute atomic E-state index is 0.0441. The monoisotopic (exact) mass is 475 g/mol. The molecule has 1 amide bonds. The van der Waals surface area contributed by atoms with Gasteiger partial charge in [-0.25, -0.2) is 13.4 Å². The molecular weight excluding hydrogens is 450 g/mol. The fraction of sp³-hybridized carbons (Fsp3) is 0.364. The molecule has 4 rings (SSSR count). The molecule has 0 unspecified atom stereocenters. The number of hydrogen-bond acceptors (Lipinski definition) is 7. The van der Waals surface area contributed by atoms with Gasteiger partial charge in [-0.05, 0) is 50.1 Å². The number of piperidine rings is 1. The van der Waals surface area contributed by atoms with Crippen molar-refractivity contribution in [3.63, 3.8) is 0 Å². The predicted octanol–water partition coefficient (Wildman–Crippen LogP) is 4.08. The van der Waals surface area contributed by atoms with Crippen LogP contribution in [0, 0.1) is 6.92 Å². The molecule has 1 aliphatic heterocycles. The number of carbonyl (C=O) groups is 1. The molecule has 0 saturated carbocycles. The zero-order chi connectivity index (χ0) is 22.7. The number of nitrogens with zero attached hydrogens (tertiary/aromatic N) is 2. The number of sulfonamides is 1. The molecule has 2 aromatic heterocycles. The average Bonchev–Trinajstić information content (AvgIpc) is 3.43. The number of benzene rings is 1. The van der Waals surface area contributed by atoms with Crippen molar-refractivity contribution in [2.24, 2.45) is 0 Å². The van der Waals surface area contributed by atoms with Crippen LogP contribution in [0.1, 0.15) is 30.7 Å². The zero-order valence-electron chi connectivity index (χ0n) is 18.0. The molecule has 1 aromatic carbocycles. The molecular formula is C22H25N3O5S2. The maximum atomic E-state index is 13.0. The van der Waals surface area contributed by atoms with Gasteiger partial charge in [-0.15, -0.1) is 11.3 Å². The molecule has 0 atom stereocenters. The van der Waals surface area contributed by atoms with Gasteiger partial charge >= 0.3 is 0 Å². The Morgan fingerprint density at radius 1 is 1.22 bits per heavy atom. The lowest BCUT2D eigenvalue weighted by molar-refractivity contribution is -0.115. The van der Waals surface area contributed by atoms with Gasteiger partial charge in [0.1, 0.15) is 11.5 Å². The van der Waals surface area contributed by atoms with Crippen LogP contribution in [0.15, 0.2) is 45.0 Å². The van der Waals surface area contributed by atoms with E-state index in [2.05, 4.69) is 10.3 Å². The Bertz CT molecular complexity index is 1210. The molecule has 32 heavy (non-hydrogen) atoms. The molecule has 1 aliphatic rings. The number of nitrogens with one attached hydrogen (secondary N) is 1. The first kappa shape index (κ1) is 22.5. The average molecular weight is 476 g/mol. The van der Waals surface area contributed by atoms with Crippen molar-refractivity contribution in [3.05, 3.63) is 47.2 Å². The van der Waals surface area contributed by atoms with E-state index in [0.717, 1.165) is 25.0 Å². The highest BCUT2D eigenvalue weighted by molar-refractivity contribution is 7.89. The lowest BCUT2D eigenvalue weighted by Gasteiger charge is -2.26. The third-order valence-corrected chi connectivity index (χ3v) is 8.04. The van der Waals surface area contributed by atoms with Crippen LogP contribution in [0.3, 0.4) is 0 Å². The summed E-state index contributed by atoms with van der Waals surface area (Å²) in [5, 5.41) is 5.28. The van der Waals surface area contributed by atoms with Gasteiger partial charge < -0.3 is 14.5 Å². The van der Waals surface area contributed by atoms with Gasteiger partial charge in [0.2, 0.25) is 15.9 Å². The summed E-state index contributed by atoms with van der Waals surface area (Å²) < 4.78 is 38.4. The topological polar surface area (TPSA) is 102 Å². The van der Waals surface area contributed by atoms with Crippen molar-refractivity contribution in [1.82, 2.24) is 9.29 Å². The Balaban J connectivity index is 1.50. The summed E-state index contributed by atoms with van der Waals surface area (Å²) in [6.45, 7) is 2.88. The third kappa shape index (κ3) is 4.87. The SMILES string of the molecule is COc1ccc(S(=O)(=O)N2CCCCC2)cc1NC(=O)Cc1csc(-c2ccc(C)o2)n1. The van der Waals surface area contributed by atoms with Crippen LogP contribution >= 0.6 is 11.3 Å². The number of rotatable bonds is 7. The van der Waals surface area contributed by atoms with Crippen molar-refractivity contribution in [3.8, 4) is 16.5 Å². The number of aromatic nitrogens is 1. The van der Waals surface area contributed by atoms with Crippen molar-refractivity contribution in [1.29, 1.82) is 0 Å². The van der Waals surface area contributed by atoms with E-state index in [1.165, 1.54) is 34.9 Å². The molecule has 170 valence electrons. The van der Waals surface area contributed by atoms with E-state index in [0.29, 0.717) is 41.0 Å². The van der Waals surface area contributed by atoms with Gasteiger partial charge in [-0.2, -0.15) is 4.31 Å². The van der Waals surface area contributed by atoms with Crippen LogP contribution in [0.4, 0.5) is 5.69 Å². The summed E-state index contributed by atoms with van der Waals surface area (Å²) >= 11 is 1.40. The normalized spacial score (nSPS) is 14.9. The maximum Gasteiger partial charge on any atom is 0.243 e. The number of amides is 1. The van der Waals surface area contributed by atoms with E-state index in [9.17, 15) is 13.2 Å². The fourth-order valence-corrected chi connectivity index (χ4v) is 5.93. The number of aryl methyl sites for hydroxylation is 1. The van der Waals surface area contributed by atoms with Crippen LogP contribution in [0.2, 0.25) is 0 Å². The molecule has 0 spiro atoms. The number of methoxy groups -OCH3 is 1. The van der Waals surface area contributed by atoms with Crippen LogP contribution in [-0.4, -0.2) is 43.8 Å². The Morgan fingerprint density at radius 2 is 2.00 bits per heavy atom. The summed E-state index contributed by atoms with van der Waals surface area (Å²) in [6, 6.07) is 8.24. The number of carbonyl (C=O) groups excluding carboxylic acids is 1. The van der Waals surface area contributed by atoms with Gasteiger partial charge in [0, 0.05) is 18.5 Å². The molecule has 1 saturated heterocycles. The van der Waals surface area contributed by atoms with E-state index in [1.807, 2.05) is 19.1 Å². The van der Waals surface area contributed by atoms with Crippen LogP contribution in [-0.2, 0) is 21.2 Å². The lowest BCUT2D eigenvalue weighted by Crippen LogP contribution is -2.35. The van der Waals surface area contributed by atoms with Crippen molar-refractivity contribution in [2.45, 2.75) is 37.5 Å². The molecule has 1 fully saturated rings. The fourth-order valence-electron chi connectivity index (χ4n) is 3.61. The highest BCUT2D eigenvalue weighted by Gasteiger charge is 2.27. The van der Waals surface area contributed by atoms with Crippen molar-refractivity contribution in [2.75, 3.05) is 25.5 Å². The van der Waals surface area contributed by atoms with Gasteiger partial charge in [0.25, 0.3) is 0 Å². The van der Waals surface area contributed by atoms with E-state index < -0.39 is 10.0 Å². The molecule has 3 heterocycles. The molecule has 1 N–H and O–H groups in total. The molecule has 3 aromatic rings. The van der Waals surface area contributed by atoms with Crippen molar-refractivity contribution < 1.29 is 22.4 Å². The van der Waals surface area contributed by atoms with E-state index in [4.69, 9.17) is 9.15 Å². The second-order valence-electron chi connectivity index (χ2n) is 7.61. The first-order chi connectivity index (χ1) is 15.4. The first-order valence-corrected chi connectivity index (χ1v) is 12.7. The minimum Gasteiger partial charge on any atom is -0.495 e. The van der Waals surface area contributed by atoms with Crippen LogP contribution < -0.4 is 10.1 Å². The number of hydrogen-bond donors (Lipinski definition) is 1. The number of ether oxygens (including phenoxy) is 1. The maximum absolute atomic E-state index is 13.0. The van der Waals surface area contributed by atoms with Crippen LogP contribution in [0.25, 0.3) is 10.8 Å². The Labute approximate surface area is 191 Å². The molecule has 10 heteroatoms. The largest absolute Gasteiger partial charge is 0.495 e. The van der Waals surface area contributed by atoms with Gasteiger partial charge in [0.05, 0.1) is 29.8 Å². The van der Waals surface area contributed by atoms with Gasteiger partial charge in [-0.3, -0.25) is 4.79 Å². The van der Waals surface area contributed by atoms with Gasteiger partial charge in [0.15, 0.2) is 10.8 Å². The lowest BCUT2D eigenvalue weighted by atomic mass is 10.2. The Kier molecular flexibility index (Phi) is 6.63. The molecule has 8 nitrogen and oxygen atoms in total. The number of thiazole rings is 1. The van der Waals surface area contributed by atoms with Gasteiger partial charge in [-0.1, -0.05) is 6.42 Å². The predicted molar refractivity (Wildman–Crippen MR) is 122 cm³/mol. The van der Waals surface area contributed by atoms with E-state index >= 15 is 0 Å².